The second-order valence-corrected chi connectivity index (χ2v) is 6.78. The van der Waals surface area contributed by atoms with Crippen LogP contribution in [0, 0.1) is 0 Å². The van der Waals surface area contributed by atoms with E-state index in [4.69, 9.17) is 11.6 Å². The standard InChI is InChI=1S/C14H18ClN3S/c1-14(2,3)13-16-11(15)7-12(17-13)18(4)8-10-5-6-19-9-10/h5-7,9H,8H2,1-4H3. The van der Waals surface area contributed by atoms with Crippen molar-refractivity contribution < 1.29 is 0 Å². The first-order chi connectivity index (χ1) is 8.86. The van der Waals surface area contributed by atoms with Gasteiger partial charge >= 0.3 is 0 Å². The Morgan fingerprint density at radius 1 is 1.32 bits per heavy atom. The van der Waals surface area contributed by atoms with Crippen molar-refractivity contribution in [2.24, 2.45) is 0 Å². The predicted octanol–water partition coefficient (Wildman–Crippen LogP) is 4.13. The highest BCUT2D eigenvalue weighted by molar-refractivity contribution is 7.07. The number of hydrogen-bond acceptors (Lipinski definition) is 4. The van der Waals surface area contributed by atoms with E-state index in [9.17, 15) is 0 Å². The largest absolute Gasteiger partial charge is 0.355 e. The van der Waals surface area contributed by atoms with E-state index in [1.54, 1.807) is 11.3 Å². The molecule has 0 radical (unpaired) electrons. The third-order valence-electron chi connectivity index (χ3n) is 2.74. The van der Waals surface area contributed by atoms with Crippen LogP contribution in [0.1, 0.15) is 32.2 Å². The van der Waals surface area contributed by atoms with E-state index >= 15 is 0 Å². The number of halogens is 1. The average molecular weight is 296 g/mol. The summed E-state index contributed by atoms with van der Waals surface area (Å²) in [7, 11) is 2.02. The second kappa shape index (κ2) is 5.47. The van der Waals surface area contributed by atoms with Gasteiger partial charge in [-0.15, -0.1) is 0 Å². The van der Waals surface area contributed by atoms with Crippen LogP contribution in [-0.4, -0.2) is 17.0 Å². The van der Waals surface area contributed by atoms with Crippen molar-refractivity contribution in [2.75, 3.05) is 11.9 Å². The molecule has 0 saturated carbocycles. The van der Waals surface area contributed by atoms with Gasteiger partial charge in [0.05, 0.1) is 0 Å². The van der Waals surface area contributed by atoms with Crippen molar-refractivity contribution in [3.05, 3.63) is 39.4 Å². The van der Waals surface area contributed by atoms with Crippen LogP contribution < -0.4 is 4.90 Å². The molecule has 2 rings (SSSR count). The summed E-state index contributed by atoms with van der Waals surface area (Å²) < 4.78 is 0. The highest BCUT2D eigenvalue weighted by Gasteiger charge is 2.19. The summed E-state index contributed by atoms with van der Waals surface area (Å²) in [5.74, 6) is 1.63. The minimum absolute atomic E-state index is 0.108. The highest BCUT2D eigenvalue weighted by atomic mass is 35.5. The maximum absolute atomic E-state index is 6.11. The van der Waals surface area contributed by atoms with Crippen molar-refractivity contribution in [3.8, 4) is 0 Å². The van der Waals surface area contributed by atoms with Crippen molar-refractivity contribution in [1.29, 1.82) is 0 Å². The fraction of sp³-hybridized carbons (Fsp3) is 0.429. The van der Waals surface area contributed by atoms with E-state index in [1.165, 1.54) is 5.56 Å². The maximum atomic E-state index is 6.11. The van der Waals surface area contributed by atoms with Gasteiger partial charge in [0.1, 0.15) is 16.8 Å². The summed E-state index contributed by atoms with van der Waals surface area (Å²) in [6, 6.07) is 3.93. The lowest BCUT2D eigenvalue weighted by Crippen LogP contribution is -2.22. The van der Waals surface area contributed by atoms with Gasteiger partial charge in [-0.3, -0.25) is 0 Å². The number of rotatable bonds is 3. The molecular weight excluding hydrogens is 278 g/mol. The molecule has 0 atom stereocenters. The first kappa shape index (κ1) is 14.3. The molecule has 0 aliphatic carbocycles. The lowest BCUT2D eigenvalue weighted by Gasteiger charge is -2.22. The SMILES string of the molecule is CN(Cc1ccsc1)c1cc(Cl)nc(C(C)(C)C)n1. The van der Waals surface area contributed by atoms with E-state index in [-0.39, 0.29) is 5.41 Å². The quantitative estimate of drug-likeness (QED) is 0.798. The number of aromatic nitrogens is 2. The Labute approximate surface area is 123 Å². The van der Waals surface area contributed by atoms with Crippen molar-refractivity contribution in [1.82, 2.24) is 9.97 Å². The lowest BCUT2D eigenvalue weighted by atomic mass is 9.96. The number of thiophene rings is 1. The summed E-state index contributed by atoms with van der Waals surface area (Å²) in [5, 5.41) is 4.72. The molecule has 2 aromatic heterocycles. The van der Waals surface area contributed by atoms with Crippen LogP contribution in [0.4, 0.5) is 5.82 Å². The molecule has 0 aromatic carbocycles. The van der Waals surface area contributed by atoms with Gasteiger partial charge in [-0.05, 0) is 22.4 Å². The van der Waals surface area contributed by atoms with Crippen molar-refractivity contribution in [3.63, 3.8) is 0 Å². The van der Waals surface area contributed by atoms with Crippen LogP contribution in [0.25, 0.3) is 0 Å². The third-order valence-corrected chi connectivity index (χ3v) is 3.67. The zero-order chi connectivity index (χ0) is 14.0. The van der Waals surface area contributed by atoms with E-state index in [1.807, 2.05) is 13.1 Å². The minimum Gasteiger partial charge on any atom is -0.355 e. The summed E-state index contributed by atoms with van der Waals surface area (Å²) in [4.78, 5) is 11.0. The minimum atomic E-state index is -0.108. The van der Waals surface area contributed by atoms with Gasteiger partial charge in [-0.1, -0.05) is 32.4 Å². The topological polar surface area (TPSA) is 29.0 Å². The van der Waals surface area contributed by atoms with E-state index < -0.39 is 0 Å². The third kappa shape index (κ3) is 3.67. The van der Waals surface area contributed by atoms with Gasteiger partial charge in [-0.25, -0.2) is 9.97 Å². The molecule has 2 aromatic rings. The molecule has 0 saturated heterocycles. The Kier molecular flexibility index (Phi) is 4.11. The Morgan fingerprint density at radius 3 is 2.63 bits per heavy atom. The first-order valence-electron chi connectivity index (χ1n) is 6.13. The molecule has 0 aliphatic heterocycles. The van der Waals surface area contributed by atoms with E-state index in [0.717, 1.165) is 18.2 Å². The van der Waals surface area contributed by atoms with Crippen LogP contribution in [0.2, 0.25) is 5.15 Å². The van der Waals surface area contributed by atoms with Gasteiger partial charge in [0.25, 0.3) is 0 Å². The molecule has 102 valence electrons. The number of nitrogens with zero attached hydrogens (tertiary/aromatic N) is 3. The molecule has 3 nitrogen and oxygen atoms in total. The Hall–Kier alpha value is -1.13. The van der Waals surface area contributed by atoms with Crippen molar-refractivity contribution >= 4 is 28.8 Å². The number of anilines is 1. The van der Waals surface area contributed by atoms with Gasteiger partial charge in [0.15, 0.2) is 0 Å². The monoisotopic (exact) mass is 295 g/mol. The smallest absolute Gasteiger partial charge is 0.137 e. The zero-order valence-electron chi connectivity index (χ0n) is 11.6. The molecule has 5 heteroatoms. The second-order valence-electron chi connectivity index (χ2n) is 5.61. The fourth-order valence-corrected chi connectivity index (χ4v) is 2.51. The summed E-state index contributed by atoms with van der Waals surface area (Å²) in [6.45, 7) is 7.07. The molecule has 2 heterocycles. The van der Waals surface area contributed by atoms with Gasteiger partial charge in [-0.2, -0.15) is 11.3 Å². The number of hydrogen-bond donors (Lipinski definition) is 0. The van der Waals surface area contributed by atoms with Gasteiger partial charge < -0.3 is 4.90 Å². The predicted molar refractivity (Wildman–Crippen MR) is 82.2 cm³/mol. The van der Waals surface area contributed by atoms with Crippen LogP contribution >= 0.6 is 22.9 Å². The van der Waals surface area contributed by atoms with Crippen LogP contribution in [0.15, 0.2) is 22.9 Å². The molecule has 0 spiro atoms. The molecule has 0 N–H and O–H groups in total. The van der Waals surface area contributed by atoms with Crippen LogP contribution in [0.3, 0.4) is 0 Å². The van der Waals surface area contributed by atoms with Crippen molar-refractivity contribution in [2.45, 2.75) is 32.7 Å². The average Bonchev–Trinajstić information content (AvgIpc) is 2.79. The molecular formula is C14H18ClN3S. The normalized spacial score (nSPS) is 11.6. The van der Waals surface area contributed by atoms with Gasteiger partial charge in [0, 0.05) is 25.1 Å². The lowest BCUT2D eigenvalue weighted by molar-refractivity contribution is 0.544. The van der Waals surface area contributed by atoms with Crippen LogP contribution in [-0.2, 0) is 12.0 Å². The maximum Gasteiger partial charge on any atom is 0.137 e. The highest BCUT2D eigenvalue weighted by Crippen LogP contribution is 2.24. The first-order valence-corrected chi connectivity index (χ1v) is 7.45. The fourth-order valence-electron chi connectivity index (χ4n) is 1.67. The molecule has 0 bridgehead atoms. The van der Waals surface area contributed by atoms with Crippen LogP contribution in [0.5, 0.6) is 0 Å². The summed E-state index contributed by atoms with van der Waals surface area (Å²) >= 11 is 7.81. The Balaban J connectivity index is 2.26. The summed E-state index contributed by atoms with van der Waals surface area (Å²) in [5.41, 5.74) is 1.17. The molecule has 0 unspecified atom stereocenters. The van der Waals surface area contributed by atoms with E-state index in [0.29, 0.717) is 5.15 Å². The Bertz CT molecular complexity index is 546. The zero-order valence-corrected chi connectivity index (χ0v) is 13.2. The molecule has 0 fully saturated rings. The summed E-state index contributed by atoms with van der Waals surface area (Å²) in [6.07, 6.45) is 0. The molecule has 0 aliphatic rings. The Morgan fingerprint density at radius 2 is 2.05 bits per heavy atom. The molecule has 0 amide bonds. The van der Waals surface area contributed by atoms with E-state index in [2.05, 4.69) is 52.5 Å². The molecule has 19 heavy (non-hydrogen) atoms. The van der Waals surface area contributed by atoms with Gasteiger partial charge in [0.2, 0.25) is 0 Å².